The van der Waals surface area contributed by atoms with Gasteiger partial charge in [-0.3, -0.25) is 9.59 Å². The average Bonchev–Trinajstić information content (AvgIpc) is 3.50. The average molecular weight is 611 g/mol. The van der Waals surface area contributed by atoms with E-state index in [4.69, 9.17) is 18.9 Å². The van der Waals surface area contributed by atoms with Crippen molar-refractivity contribution in [3.63, 3.8) is 0 Å². The molecule has 0 bridgehead atoms. The lowest BCUT2D eigenvalue weighted by Gasteiger charge is -2.30. The summed E-state index contributed by atoms with van der Waals surface area (Å²) in [5, 5.41) is 16.9. The smallest absolute Gasteiger partial charge is 0.408 e. The molecule has 3 amide bonds. The van der Waals surface area contributed by atoms with E-state index in [-0.39, 0.29) is 39.0 Å². The Balaban J connectivity index is 1.44. The van der Waals surface area contributed by atoms with Crippen molar-refractivity contribution in [3.8, 4) is 11.6 Å². The first kappa shape index (κ1) is 31.0. The summed E-state index contributed by atoms with van der Waals surface area (Å²) in [7, 11) is 1.57. The zero-order valence-electron chi connectivity index (χ0n) is 25.2. The van der Waals surface area contributed by atoms with Crippen LogP contribution < -0.4 is 20.1 Å². The molecule has 0 spiro atoms. The van der Waals surface area contributed by atoms with Gasteiger partial charge in [-0.1, -0.05) is 12.2 Å². The first-order valence-electron chi connectivity index (χ1n) is 14.6. The molecule has 1 aromatic carbocycles. The van der Waals surface area contributed by atoms with Crippen LogP contribution in [0.5, 0.6) is 11.6 Å². The third-order valence-electron chi connectivity index (χ3n) is 7.93. The number of alkyl carbamates (subject to hydrolysis) is 1. The van der Waals surface area contributed by atoms with Crippen molar-refractivity contribution < 1.29 is 43.2 Å². The second-order valence-corrected chi connectivity index (χ2v) is 12.3. The monoisotopic (exact) mass is 610 g/mol. The van der Waals surface area contributed by atoms with Crippen molar-refractivity contribution >= 4 is 34.6 Å². The van der Waals surface area contributed by atoms with Crippen molar-refractivity contribution in [1.29, 1.82) is 0 Å². The zero-order chi connectivity index (χ0) is 31.6. The van der Waals surface area contributed by atoms with E-state index >= 15 is 0 Å². The molecule has 1 aromatic heterocycles. The van der Waals surface area contributed by atoms with Crippen LogP contribution in [0.1, 0.15) is 40.0 Å². The molecule has 0 radical (unpaired) electrons. The fourth-order valence-corrected chi connectivity index (χ4v) is 5.63. The predicted octanol–water partition coefficient (Wildman–Crippen LogP) is 2.42. The lowest BCUT2D eigenvalue weighted by molar-refractivity contribution is -0.145. The maximum atomic E-state index is 14.0. The van der Waals surface area contributed by atoms with E-state index < -0.39 is 59.1 Å². The van der Waals surface area contributed by atoms with Gasteiger partial charge in [0.2, 0.25) is 17.7 Å². The van der Waals surface area contributed by atoms with Gasteiger partial charge in [0, 0.05) is 36.9 Å². The van der Waals surface area contributed by atoms with Crippen LogP contribution in [0.15, 0.2) is 42.6 Å². The van der Waals surface area contributed by atoms with Crippen LogP contribution in [0.3, 0.4) is 0 Å². The van der Waals surface area contributed by atoms with Gasteiger partial charge in [-0.05, 0) is 56.8 Å². The fourth-order valence-electron chi connectivity index (χ4n) is 5.63. The molecule has 3 heterocycles. The van der Waals surface area contributed by atoms with Crippen LogP contribution in [0.4, 0.5) is 4.79 Å². The van der Waals surface area contributed by atoms with E-state index in [1.165, 1.54) is 4.90 Å². The van der Waals surface area contributed by atoms with Gasteiger partial charge in [0.15, 0.2) is 0 Å². The number of amides is 3. The van der Waals surface area contributed by atoms with Crippen LogP contribution in [0.25, 0.3) is 10.8 Å². The molecular formula is C31H38N4O9. The van der Waals surface area contributed by atoms with Gasteiger partial charge in [0.25, 0.3) is 0 Å². The van der Waals surface area contributed by atoms with Gasteiger partial charge in [-0.2, -0.15) is 0 Å². The van der Waals surface area contributed by atoms with E-state index in [0.717, 1.165) is 10.8 Å². The summed E-state index contributed by atoms with van der Waals surface area (Å²) in [6.07, 6.45) is 4.00. The Hall–Kier alpha value is -4.39. The Morgan fingerprint density at radius 1 is 1.23 bits per heavy atom. The lowest BCUT2D eigenvalue weighted by Crippen LogP contribution is -2.56. The molecule has 3 aliphatic rings. The molecule has 5 atom stereocenters. The molecule has 1 saturated heterocycles. The lowest BCUT2D eigenvalue weighted by atomic mass is 10.1. The topological polar surface area (TPSA) is 166 Å². The van der Waals surface area contributed by atoms with Crippen molar-refractivity contribution in [3.05, 3.63) is 42.6 Å². The predicted molar refractivity (Wildman–Crippen MR) is 157 cm³/mol. The Kier molecular flexibility index (Phi) is 8.69. The van der Waals surface area contributed by atoms with Crippen LogP contribution >= 0.6 is 0 Å². The number of methoxy groups -OCH3 is 1. The molecule has 3 N–H and O–H groups in total. The number of fused-ring (bicyclic) bond motifs is 3. The minimum absolute atomic E-state index is 0.00189. The second-order valence-electron chi connectivity index (χ2n) is 12.3. The fraction of sp³-hybridized carbons (Fsp3) is 0.516. The standard InChI is InChI=1S/C31H38N4O9/c1-30(2,3)44-29(40)33-23-10-13-42-12-5-6-19-16-31(19,28(38)39)34-25(36)24-15-21(17-35(24)27(23)37)43-26-22-8-7-20(41-4)14-18(22)9-11-32-26/h5-9,11,14,19,21,23-24H,10,12-13,15-17H2,1-4H3,(H,33,40)(H,34,36)(H,38,39)/b6-5-/t19-,21-,23+,24+,31-/m1/s1. The summed E-state index contributed by atoms with van der Waals surface area (Å²) in [4.78, 5) is 58.5. The molecule has 2 fully saturated rings. The third kappa shape index (κ3) is 6.72. The van der Waals surface area contributed by atoms with E-state index in [1.807, 2.05) is 18.2 Å². The number of ether oxygens (including phenoxy) is 4. The summed E-state index contributed by atoms with van der Waals surface area (Å²) in [5.74, 6) is -1.72. The highest BCUT2D eigenvalue weighted by Crippen LogP contribution is 2.45. The van der Waals surface area contributed by atoms with Crippen LogP contribution in [0.2, 0.25) is 0 Å². The minimum atomic E-state index is -1.48. The zero-order valence-corrected chi connectivity index (χ0v) is 25.2. The van der Waals surface area contributed by atoms with E-state index in [1.54, 1.807) is 52.3 Å². The molecule has 13 nitrogen and oxygen atoms in total. The summed E-state index contributed by atoms with van der Waals surface area (Å²) in [6.45, 7) is 5.43. The number of pyridine rings is 1. The van der Waals surface area contributed by atoms with Gasteiger partial charge in [-0.25, -0.2) is 14.6 Å². The summed E-state index contributed by atoms with van der Waals surface area (Å²) in [6, 6.07) is 5.13. The number of aliphatic carboxylic acids is 1. The van der Waals surface area contributed by atoms with Gasteiger partial charge in [-0.15, -0.1) is 0 Å². The highest BCUT2D eigenvalue weighted by Gasteiger charge is 2.61. The molecule has 0 unspecified atom stereocenters. The second kappa shape index (κ2) is 12.3. The van der Waals surface area contributed by atoms with Crippen LogP contribution in [-0.4, -0.2) is 95.1 Å². The maximum absolute atomic E-state index is 14.0. The Morgan fingerprint density at radius 3 is 2.75 bits per heavy atom. The van der Waals surface area contributed by atoms with E-state index in [2.05, 4.69) is 15.6 Å². The van der Waals surface area contributed by atoms with E-state index in [0.29, 0.717) is 11.6 Å². The Bertz CT molecular complexity index is 1470. The van der Waals surface area contributed by atoms with Crippen molar-refractivity contribution in [2.45, 2.75) is 69.4 Å². The van der Waals surface area contributed by atoms with Gasteiger partial charge < -0.3 is 39.6 Å². The van der Waals surface area contributed by atoms with Crippen molar-refractivity contribution in [2.24, 2.45) is 5.92 Å². The van der Waals surface area contributed by atoms with Gasteiger partial charge in [0.1, 0.15) is 35.1 Å². The quantitative estimate of drug-likeness (QED) is 0.428. The third-order valence-corrected chi connectivity index (χ3v) is 7.93. The summed E-state index contributed by atoms with van der Waals surface area (Å²) in [5.41, 5.74) is -2.28. The SMILES string of the molecule is COc1ccc2c(O[C@@H]3C[C@H]4C(=O)N[C@]5(C(=O)O)C[C@H]5/C=C\COCC[C@H](NC(=O)OC(C)(C)C)C(=O)N4C3)nccc2c1. The van der Waals surface area contributed by atoms with Crippen LogP contribution in [-0.2, 0) is 23.9 Å². The number of carboxylic acid groups (broad SMARTS) is 1. The molecule has 2 aromatic rings. The summed E-state index contributed by atoms with van der Waals surface area (Å²) < 4.78 is 22.7. The largest absolute Gasteiger partial charge is 0.497 e. The highest BCUT2D eigenvalue weighted by molar-refractivity contribution is 5.96. The minimum Gasteiger partial charge on any atom is -0.497 e. The molecule has 1 saturated carbocycles. The molecule has 44 heavy (non-hydrogen) atoms. The Labute approximate surface area is 254 Å². The van der Waals surface area contributed by atoms with Crippen molar-refractivity contribution in [2.75, 3.05) is 26.9 Å². The number of hydrogen-bond acceptors (Lipinski definition) is 9. The Morgan fingerprint density at radius 2 is 2.02 bits per heavy atom. The molecule has 1 aliphatic carbocycles. The first-order valence-corrected chi connectivity index (χ1v) is 14.6. The first-order chi connectivity index (χ1) is 20.9. The molecular weight excluding hydrogens is 572 g/mol. The number of hydrogen-bond donors (Lipinski definition) is 3. The van der Waals surface area contributed by atoms with Crippen molar-refractivity contribution in [1.82, 2.24) is 20.5 Å². The normalized spacial score (nSPS) is 28.1. The number of rotatable bonds is 5. The summed E-state index contributed by atoms with van der Waals surface area (Å²) >= 11 is 0. The number of nitrogens with zero attached hydrogens (tertiary/aromatic N) is 2. The van der Waals surface area contributed by atoms with E-state index in [9.17, 15) is 24.3 Å². The number of nitrogens with one attached hydrogen (secondary N) is 2. The molecule has 5 rings (SSSR count). The molecule has 2 aliphatic heterocycles. The number of aromatic nitrogens is 1. The van der Waals surface area contributed by atoms with Crippen LogP contribution in [0, 0.1) is 5.92 Å². The highest BCUT2D eigenvalue weighted by atomic mass is 16.6. The maximum Gasteiger partial charge on any atom is 0.408 e. The van der Waals surface area contributed by atoms with Gasteiger partial charge in [0.05, 0.1) is 20.3 Å². The molecule has 236 valence electrons. The number of carbonyl (C=O) groups is 4. The molecule has 13 heteroatoms. The van der Waals surface area contributed by atoms with Gasteiger partial charge >= 0.3 is 12.1 Å². The number of carboxylic acids is 1. The number of carbonyl (C=O) groups excluding carboxylic acids is 3. The number of benzene rings is 1.